The van der Waals surface area contributed by atoms with Crippen molar-refractivity contribution in [2.45, 2.75) is 13.5 Å². The van der Waals surface area contributed by atoms with Crippen molar-refractivity contribution in [2.75, 3.05) is 13.7 Å². The van der Waals surface area contributed by atoms with Gasteiger partial charge in [-0.15, -0.1) is 0 Å². The molecule has 5 nitrogen and oxygen atoms in total. The van der Waals surface area contributed by atoms with E-state index in [1.807, 2.05) is 49.5 Å². The van der Waals surface area contributed by atoms with E-state index in [9.17, 15) is 4.79 Å². The van der Waals surface area contributed by atoms with Crippen molar-refractivity contribution in [1.82, 2.24) is 14.7 Å². The first-order chi connectivity index (χ1) is 12.6. The summed E-state index contributed by atoms with van der Waals surface area (Å²) in [4.78, 5) is 14.5. The Bertz CT molecular complexity index is 894. The summed E-state index contributed by atoms with van der Waals surface area (Å²) in [6, 6.07) is 14.7. The number of amides is 1. The molecule has 0 spiro atoms. The zero-order valence-corrected chi connectivity index (χ0v) is 15.5. The number of rotatable bonds is 6. The number of halogens is 1. The van der Waals surface area contributed by atoms with Gasteiger partial charge >= 0.3 is 0 Å². The van der Waals surface area contributed by atoms with Crippen molar-refractivity contribution < 1.29 is 9.53 Å². The average Bonchev–Trinajstić information content (AvgIpc) is 3.18. The van der Waals surface area contributed by atoms with Crippen LogP contribution in [0.15, 0.2) is 60.9 Å². The molecule has 26 heavy (non-hydrogen) atoms. The molecule has 0 radical (unpaired) electrons. The third kappa shape index (κ3) is 4.06. The normalized spacial score (nSPS) is 10.6. The molecule has 0 N–H and O–H groups in total. The van der Waals surface area contributed by atoms with Crippen LogP contribution in [0.5, 0.6) is 5.75 Å². The van der Waals surface area contributed by atoms with Gasteiger partial charge in [0.2, 0.25) is 0 Å². The topological polar surface area (TPSA) is 47.4 Å². The quantitative estimate of drug-likeness (QED) is 0.654. The molecule has 0 bridgehead atoms. The van der Waals surface area contributed by atoms with Crippen molar-refractivity contribution in [3.63, 3.8) is 0 Å². The molecule has 3 rings (SSSR count). The van der Waals surface area contributed by atoms with Gasteiger partial charge in [0, 0.05) is 42.1 Å². The lowest BCUT2D eigenvalue weighted by Crippen LogP contribution is -2.26. The van der Waals surface area contributed by atoms with Crippen molar-refractivity contribution >= 4 is 17.5 Å². The van der Waals surface area contributed by atoms with Crippen molar-refractivity contribution in [1.29, 1.82) is 0 Å². The molecule has 0 unspecified atom stereocenters. The zero-order valence-electron chi connectivity index (χ0n) is 14.7. The number of hydrogen-bond donors (Lipinski definition) is 0. The van der Waals surface area contributed by atoms with Gasteiger partial charge in [-0.3, -0.25) is 4.79 Å². The number of carbonyl (C=O) groups is 1. The lowest BCUT2D eigenvalue weighted by atomic mass is 10.1. The Kier molecular flexibility index (Phi) is 5.58. The van der Waals surface area contributed by atoms with Crippen LogP contribution >= 0.6 is 11.6 Å². The summed E-state index contributed by atoms with van der Waals surface area (Å²) < 4.78 is 7.36. The Balaban J connectivity index is 1.81. The molecule has 0 aliphatic carbocycles. The van der Waals surface area contributed by atoms with E-state index < -0.39 is 0 Å². The molecule has 1 heterocycles. The number of ether oxygens (including phenoxy) is 1. The number of benzene rings is 2. The Morgan fingerprint density at radius 1 is 1.23 bits per heavy atom. The second kappa shape index (κ2) is 8.06. The fourth-order valence-electron chi connectivity index (χ4n) is 2.72. The fourth-order valence-corrected chi connectivity index (χ4v) is 2.91. The highest BCUT2D eigenvalue weighted by molar-refractivity contribution is 6.30. The molecule has 1 amide bonds. The van der Waals surface area contributed by atoms with Gasteiger partial charge in [-0.05, 0) is 49.4 Å². The van der Waals surface area contributed by atoms with Crippen LogP contribution in [-0.2, 0) is 6.54 Å². The summed E-state index contributed by atoms with van der Waals surface area (Å²) in [5, 5.41) is 4.82. The van der Waals surface area contributed by atoms with E-state index in [1.54, 1.807) is 35.0 Å². The van der Waals surface area contributed by atoms with Gasteiger partial charge in [-0.25, -0.2) is 4.68 Å². The van der Waals surface area contributed by atoms with E-state index in [0.717, 1.165) is 17.0 Å². The monoisotopic (exact) mass is 369 g/mol. The predicted octanol–water partition coefficient (Wildman–Crippen LogP) is 4.20. The van der Waals surface area contributed by atoms with Crippen molar-refractivity contribution in [2.24, 2.45) is 0 Å². The maximum atomic E-state index is 12.8. The molecule has 0 saturated heterocycles. The van der Waals surface area contributed by atoms with Crippen LogP contribution in [0.4, 0.5) is 0 Å². The summed E-state index contributed by atoms with van der Waals surface area (Å²) in [5.41, 5.74) is 2.31. The van der Waals surface area contributed by atoms with Gasteiger partial charge < -0.3 is 9.64 Å². The van der Waals surface area contributed by atoms with Gasteiger partial charge in [0.05, 0.1) is 12.3 Å². The molecule has 0 fully saturated rings. The molecule has 134 valence electrons. The first kappa shape index (κ1) is 18.0. The molecule has 0 aliphatic rings. The summed E-state index contributed by atoms with van der Waals surface area (Å²) >= 11 is 6.11. The second-order valence-corrected chi connectivity index (χ2v) is 6.28. The highest BCUT2D eigenvalue weighted by Crippen LogP contribution is 2.25. The van der Waals surface area contributed by atoms with E-state index in [1.165, 1.54) is 0 Å². The van der Waals surface area contributed by atoms with Gasteiger partial charge in [0.15, 0.2) is 0 Å². The van der Waals surface area contributed by atoms with Crippen LogP contribution in [0.25, 0.3) is 5.69 Å². The van der Waals surface area contributed by atoms with Gasteiger partial charge in [-0.2, -0.15) is 5.10 Å². The third-order valence-electron chi connectivity index (χ3n) is 3.94. The van der Waals surface area contributed by atoms with E-state index in [4.69, 9.17) is 16.3 Å². The van der Waals surface area contributed by atoms with Gasteiger partial charge in [-0.1, -0.05) is 17.7 Å². The number of aromatic nitrogens is 2. The Labute approximate surface area is 157 Å². The van der Waals surface area contributed by atoms with Crippen LogP contribution < -0.4 is 4.74 Å². The average molecular weight is 370 g/mol. The minimum atomic E-state index is -0.0820. The Hall–Kier alpha value is -2.79. The summed E-state index contributed by atoms with van der Waals surface area (Å²) in [7, 11) is 1.76. The first-order valence-electron chi connectivity index (χ1n) is 8.35. The van der Waals surface area contributed by atoms with Crippen LogP contribution in [0, 0.1) is 0 Å². The summed E-state index contributed by atoms with van der Waals surface area (Å²) in [6.45, 7) is 2.88. The molecule has 2 aromatic carbocycles. The molecule has 0 saturated carbocycles. The summed E-state index contributed by atoms with van der Waals surface area (Å²) in [6.07, 6.45) is 3.54. The molecule has 3 aromatic rings. The molecular weight excluding hydrogens is 350 g/mol. The zero-order chi connectivity index (χ0) is 18.5. The highest BCUT2D eigenvalue weighted by Gasteiger charge is 2.15. The highest BCUT2D eigenvalue weighted by atomic mass is 35.5. The molecular formula is C20H20ClN3O2. The van der Waals surface area contributed by atoms with E-state index >= 15 is 0 Å². The van der Waals surface area contributed by atoms with Gasteiger partial charge in [0.25, 0.3) is 5.91 Å². The Morgan fingerprint density at radius 3 is 2.81 bits per heavy atom. The molecule has 0 atom stereocenters. The van der Waals surface area contributed by atoms with Crippen LogP contribution in [-0.4, -0.2) is 34.2 Å². The number of carbonyl (C=O) groups excluding carboxylic acids is 1. The number of hydrogen-bond acceptors (Lipinski definition) is 3. The standard InChI is InChI=1S/C20H20ClN3O2/c1-3-26-19-9-8-17(21)12-16(19)14-23(2)20(25)15-6-4-7-18(13-15)24-11-5-10-22-24/h4-13H,3,14H2,1-2H3. The third-order valence-corrected chi connectivity index (χ3v) is 4.17. The van der Waals surface area contributed by atoms with Crippen LogP contribution in [0.2, 0.25) is 5.02 Å². The predicted molar refractivity (Wildman–Crippen MR) is 102 cm³/mol. The smallest absolute Gasteiger partial charge is 0.253 e. The molecule has 1 aromatic heterocycles. The minimum Gasteiger partial charge on any atom is -0.494 e. The summed E-state index contributed by atoms with van der Waals surface area (Å²) in [5.74, 6) is 0.656. The number of nitrogens with zero attached hydrogens (tertiary/aromatic N) is 3. The SMILES string of the molecule is CCOc1ccc(Cl)cc1CN(C)C(=O)c1cccc(-n2cccn2)c1. The lowest BCUT2D eigenvalue weighted by Gasteiger charge is -2.20. The van der Waals surface area contributed by atoms with Gasteiger partial charge in [0.1, 0.15) is 5.75 Å². The largest absolute Gasteiger partial charge is 0.494 e. The first-order valence-corrected chi connectivity index (χ1v) is 8.73. The van der Waals surface area contributed by atoms with E-state index in [-0.39, 0.29) is 5.91 Å². The van der Waals surface area contributed by atoms with Crippen LogP contribution in [0.1, 0.15) is 22.8 Å². The molecule has 6 heteroatoms. The van der Waals surface area contributed by atoms with Crippen LogP contribution in [0.3, 0.4) is 0 Å². The minimum absolute atomic E-state index is 0.0820. The van der Waals surface area contributed by atoms with Crippen molar-refractivity contribution in [3.05, 3.63) is 77.1 Å². The lowest BCUT2D eigenvalue weighted by molar-refractivity contribution is 0.0784. The maximum absolute atomic E-state index is 12.8. The van der Waals surface area contributed by atoms with E-state index in [2.05, 4.69) is 5.10 Å². The molecule has 0 aliphatic heterocycles. The maximum Gasteiger partial charge on any atom is 0.253 e. The van der Waals surface area contributed by atoms with Crippen molar-refractivity contribution in [3.8, 4) is 11.4 Å². The second-order valence-electron chi connectivity index (χ2n) is 5.85. The van der Waals surface area contributed by atoms with E-state index in [0.29, 0.717) is 23.7 Å². The fraction of sp³-hybridized carbons (Fsp3) is 0.200. The Morgan fingerprint density at radius 2 is 2.08 bits per heavy atom.